The number of ether oxygens (including phenoxy) is 1. The molecule has 36 heavy (non-hydrogen) atoms. The van der Waals surface area contributed by atoms with E-state index in [2.05, 4.69) is 5.10 Å². The predicted molar refractivity (Wildman–Crippen MR) is 140 cm³/mol. The Kier molecular flexibility index (Phi) is 7.13. The quantitative estimate of drug-likeness (QED) is 0.244. The van der Waals surface area contributed by atoms with Crippen LogP contribution in [0.5, 0.6) is 0 Å². The van der Waals surface area contributed by atoms with Crippen molar-refractivity contribution in [2.24, 2.45) is 0 Å². The number of nitrogens with zero attached hydrogens (tertiary/aromatic N) is 3. The Hall–Kier alpha value is -3.71. The summed E-state index contributed by atoms with van der Waals surface area (Å²) in [6.45, 7) is 7.23. The third kappa shape index (κ3) is 5.41. The number of Topliss-reactive ketones (excluding diaryl/α,β-unsaturated/α-hetero) is 1. The Labute approximate surface area is 214 Å². The first-order valence-electron chi connectivity index (χ1n) is 11.7. The van der Waals surface area contributed by atoms with Crippen molar-refractivity contribution in [1.29, 1.82) is 0 Å². The lowest BCUT2D eigenvalue weighted by Gasteiger charge is -2.19. The van der Waals surface area contributed by atoms with Crippen molar-refractivity contribution in [3.63, 3.8) is 0 Å². The molecule has 0 unspecified atom stereocenters. The summed E-state index contributed by atoms with van der Waals surface area (Å²) in [4.78, 5) is 39.2. The third-order valence-electron chi connectivity index (χ3n) is 5.62. The number of carbonyl (C=O) groups excluding carboxylic acids is 2. The van der Waals surface area contributed by atoms with E-state index in [0.717, 1.165) is 5.56 Å². The summed E-state index contributed by atoms with van der Waals surface area (Å²) in [5.41, 5.74) is 1.59. The Morgan fingerprint density at radius 1 is 1.06 bits per heavy atom. The molecule has 0 aliphatic heterocycles. The van der Waals surface area contributed by atoms with E-state index in [4.69, 9.17) is 16.3 Å². The number of rotatable bonds is 7. The molecule has 0 N–H and O–H groups in total. The van der Waals surface area contributed by atoms with Gasteiger partial charge in [0, 0.05) is 34.2 Å². The summed E-state index contributed by atoms with van der Waals surface area (Å²) in [6.07, 6.45) is 3.50. The molecular formula is C28H28ClN3O4. The Morgan fingerprint density at radius 2 is 1.78 bits per heavy atom. The molecule has 0 atom stereocenters. The van der Waals surface area contributed by atoms with Crippen molar-refractivity contribution in [2.75, 3.05) is 0 Å². The van der Waals surface area contributed by atoms with E-state index in [-0.39, 0.29) is 30.9 Å². The van der Waals surface area contributed by atoms with Crippen LogP contribution in [0.15, 0.2) is 65.7 Å². The number of benzene rings is 2. The SMILES string of the molecule is CCC(=O)c1c(-c2ccccc2)c2cc(Cl)ccc2c(=O)n1Cc1cnn(CC(=O)OC(C)(C)C)c1. The molecule has 4 aromatic rings. The van der Waals surface area contributed by atoms with E-state index in [1.165, 1.54) is 9.25 Å². The highest BCUT2D eigenvalue weighted by molar-refractivity contribution is 6.31. The monoisotopic (exact) mass is 505 g/mol. The van der Waals surface area contributed by atoms with Crippen LogP contribution in [0.1, 0.15) is 50.2 Å². The number of hydrogen-bond donors (Lipinski definition) is 0. The minimum Gasteiger partial charge on any atom is -0.459 e. The van der Waals surface area contributed by atoms with E-state index >= 15 is 0 Å². The first kappa shape index (κ1) is 25.4. The lowest BCUT2D eigenvalue weighted by atomic mass is 9.94. The average molecular weight is 506 g/mol. The average Bonchev–Trinajstić information content (AvgIpc) is 3.25. The fourth-order valence-corrected chi connectivity index (χ4v) is 4.36. The van der Waals surface area contributed by atoms with Gasteiger partial charge >= 0.3 is 5.97 Å². The predicted octanol–water partition coefficient (Wildman–Crippen LogP) is 5.50. The molecule has 8 heteroatoms. The molecule has 0 aliphatic carbocycles. The molecule has 0 aliphatic rings. The molecule has 7 nitrogen and oxygen atoms in total. The molecule has 4 rings (SSSR count). The number of halogens is 1. The summed E-state index contributed by atoms with van der Waals surface area (Å²) in [7, 11) is 0. The molecule has 0 amide bonds. The highest BCUT2D eigenvalue weighted by Crippen LogP contribution is 2.33. The zero-order valence-corrected chi connectivity index (χ0v) is 21.5. The second kappa shape index (κ2) is 10.1. The fourth-order valence-electron chi connectivity index (χ4n) is 4.19. The van der Waals surface area contributed by atoms with Gasteiger partial charge in [-0.05, 0) is 49.9 Å². The maximum atomic E-state index is 13.7. The van der Waals surface area contributed by atoms with Crippen molar-refractivity contribution in [3.05, 3.63) is 87.6 Å². The maximum Gasteiger partial charge on any atom is 0.328 e. The second-order valence-corrected chi connectivity index (χ2v) is 10.0. The Balaban J connectivity index is 1.85. The first-order valence-corrected chi connectivity index (χ1v) is 12.1. The summed E-state index contributed by atoms with van der Waals surface area (Å²) in [5.74, 6) is -0.570. The van der Waals surface area contributed by atoms with Crippen LogP contribution in [0.3, 0.4) is 0 Å². The molecule has 0 radical (unpaired) electrons. The molecule has 2 aromatic carbocycles. The van der Waals surface area contributed by atoms with Gasteiger partial charge in [-0.15, -0.1) is 0 Å². The van der Waals surface area contributed by atoms with E-state index in [0.29, 0.717) is 32.6 Å². The number of aromatic nitrogens is 3. The Morgan fingerprint density at radius 3 is 2.44 bits per heavy atom. The fraction of sp³-hybridized carbons (Fsp3) is 0.286. The highest BCUT2D eigenvalue weighted by Gasteiger charge is 2.23. The van der Waals surface area contributed by atoms with Gasteiger partial charge in [-0.25, -0.2) is 0 Å². The van der Waals surface area contributed by atoms with Crippen molar-refractivity contribution >= 4 is 34.1 Å². The minimum atomic E-state index is -0.600. The second-order valence-electron chi connectivity index (χ2n) is 9.58. The van der Waals surface area contributed by atoms with Gasteiger partial charge < -0.3 is 4.74 Å². The van der Waals surface area contributed by atoms with E-state index < -0.39 is 11.6 Å². The first-order chi connectivity index (χ1) is 17.1. The van der Waals surface area contributed by atoms with Crippen LogP contribution in [0.4, 0.5) is 0 Å². The lowest BCUT2D eigenvalue weighted by molar-refractivity contribution is -0.155. The normalized spacial score (nSPS) is 11.6. The molecule has 0 saturated heterocycles. The van der Waals surface area contributed by atoms with Crippen LogP contribution in [0.2, 0.25) is 5.02 Å². The van der Waals surface area contributed by atoms with Crippen LogP contribution >= 0.6 is 11.6 Å². The van der Waals surface area contributed by atoms with Gasteiger partial charge in [0.25, 0.3) is 5.56 Å². The van der Waals surface area contributed by atoms with Gasteiger partial charge in [0.2, 0.25) is 0 Å². The van der Waals surface area contributed by atoms with Gasteiger partial charge in [0.1, 0.15) is 12.1 Å². The van der Waals surface area contributed by atoms with Crippen molar-refractivity contribution < 1.29 is 14.3 Å². The van der Waals surface area contributed by atoms with Crippen LogP contribution in [0, 0.1) is 0 Å². The molecule has 186 valence electrons. The van der Waals surface area contributed by atoms with E-state index in [9.17, 15) is 14.4 Å². The van der Waals surface area contributed by atoms with Crippen molar-refractivity contribution in [1.82, 2.24) is 14.3 Å². The number of esters is 1. The zero-order valence-electron chi connectivity index (χ0n) is 20.7. The van der Waals surface area contributed by atoms with Crippen LogP contribution in [-0.4, -0.2) is 31.7 Å². The number of fused-ring (bicyclic) bond motifs is 1. The van der Waals surface area contributed by atoms with Gasteiger partial charge in [0.05, 0.1) is 18.4 Å². The summed E-state index contributed by atoms with van der Waals surface area (Å²) < 4.78 is 8.33. The van der Waals surface area contributed by atoms with E-state index in [1.54, 1.807) is 58.3 Å². The van der Waals surface area contributed by atoms with E-state index in [1.807, 2.05) is 30.3 Å². The summed E-state index contributed by atoms with van der Waals surface area (Å²) in [6, 6.07) is 14.6. The van der Waals surface area contributed by atoms with Crippen LogP contribution < -0.4 is 5.56 Å². The minimum absolute atomic E-state index is 0.0571. The number of hydrogen-bond acceptors (Lipinski definition) is 5. The van der Waals surface area contributed by atoms with Crippen molar-refractivity contribution in [3.8, 4) is 11.1 Å². The van der Waals surface area contributed by atoms with Crippen LogP contribution in [-0.2, 0) is 22.6 Å². The third-order valence-corrected chi connectivity index (χ3v) is 5.85. The topological polar surface area (TPSA) is 83.2 Å². The highest BCUT2D eigenvalue weighted by atomic mass is 35.5. The summed E-state index contributed by atoms with van der Waals surface area (Å²) >= 11 is 6.31. The number of pyridine rings is 1. The van der Waals surface area contributed by atoms with Crippen molar-refractivity contribution in [2.45, 2.75) is 52.8 Å². The van der Waals surface area contributed by atoms with Gasteiger partial charge in [-0.3, -0.25) is 23.6 Å². The number of ketones is 1. The maximum absolute atomic E-state index is 13.7. The van der Waals surface area contributed by atoms with Crippen LogP contribution in [0.25, 0.3) is 21.9 Å². The number of carbonyl (C=O) groups is 2. The Bertz CT molecular complexity index is 1500. The molecule has 0 saturated carbocycles. The van der Waals surface area contributed by atoms with Gasteiger partial charge in [-0.1, -0.05) is 48.9 Å². The molecule has 0 fully saturated rings. The molecule has 2 heterocycles. The molecular weight excluding hydrogens is 478 g/mol. The zero-order chi connectivity index (χ0) is 26.0. The molecule has 0 bridgehead atoms. The van der Waals surface area contributed by atoms with Gasteiger partial charge in [0.15, 0.2) is 5.78 Å². The van der Waals surface area contributed by atoms with Gasteiger partial charge in [-0.2, -0.15) is 5.10 Å². The molecule has 0 spiro atoms. The lowest BCUT2D eigenvalue weighted by Crippen LogP contribution is -2.28. The summed E-state index contributed by atoms with van der Waals surface area (Å²) in [5, 5.41) is 5.84. The smallest absolute Gasteiger partial charge is 0.328 e. The molecule has 2 aromatic heterocycles. The largest absolute Gasteiger partial charge is 0.459 e. The standard InChI is InChI=1S/C28H28ClN3O4/c1-5-23(33)26-25(19-9-7-6-8-10-19)22-13-20(29)11-12-21(22)27(35)32(26)16-18-14-30-31(15-18)17-24(34)36-28(2,3)4/h6-15H,5,16-17H2,1-4H3.